The molecule has 0 aromatic carbocycles. The minimum Gasteiger partial charge on any atom is -0.480 e. The van der Waals surface area contributed by atoms with Crippen molar-refractivity contribution in [3.8, 4) is 0 Å². The van der Waals surface area contributed by atoms with Crippen molar-refractivity contribution >= 4 is 33.8 Å². The van der Waals surface area contributed by atoms with Crippen LogP contribution in [-0.4, -0.2) is 78.8 Å². The average molecular weight is 311 g/mol. The topological polar surface area (TPSA) is 107 Å². The number of sulfonamides is 1. The van der Waals surface area contributed by atoms with Gasteiger partial charge in [0.25, 0.3) is 0 Å². The highest BCUT2D eigenvalue weighted by molar-refractivity contribution is 7.99. The van der Waals surface area contributed by atoms with Crippen LogP contribution >= 0.6 is 11.8 Å². The zero-order valence-corrected chi connectivity index (χ0v) is 12.3. The van der Waals surface area contributed by atoms with Gasteiger partial charge in [0.05, 0.1) is 11.6 Å². The fourth-order valence-corrected chi connectivity index (χ4v) is 3.29. The Labute approximate surface area is 116 Å². The lowest BCUT2D eigenvalue weighted by Crippen LogP contribution is -2.48. The normalized spacial score (nSPS) is 19.7. The third-order valence-corrected chi connectivity index (χ3v) is 5.47. The van der Waals surface area contributed by atoms with Gasteiger partial charge >= 0.3 is 12.0 Å². The fraction of sp³-hybridized carbons (Fsp3) is 0.778. The molecule has 0 saturated carbocycles. The number of hydrogen-bond donors (Lipinski definition) is 2. The van der Waals surface area contributed by atoms with E-state index < -0.39 is 28.1 Å². The molecule has 1 atom stereocenters. The molecule has 1 aliphatic rings. The number of rotatable bonds is 5. The van der Waals surface area contributed by atoms with E-state index in [0.717, 1.165) is 4.31 Å². The van der Waals surface area contributed by atoms with E-state index in [-0.39, 0.29) is 12.3 Å². The van der Waals surface area contributed by atoms with Crippen LogP contribution in [0.25, 0.3) is 0 Å². The predicted octanol–water partition coefficient (Wildman–Crippen LogP) is -0.953. The number of nitrogens with zero attached hydrogens (tertiary/aromatic N) is 2. The molecular formula is C9H17N3O5S2. The summed E-state index contributed by atoms with van der Waals surface area (Å²) < 4.78 is 24.0. The maximum atomic E-state index is 11.7. The molecule has 0 aromatic rings. The van der Waals surface area contributed by atoms with Crippen LogP contribution in [0, 0.1) is 0 Å². The number of thioether (sulfide) groups is 1. The lowest BCUT2D eigenvalue weighted by molar-refractivity contribution is -0.140. The molecule has 1 fully saturated rings. The van der Waals surface area contributed by atoms with Gasteiger partial charge in [-0.25, -0.2) is 22.3 Å². The Kier molecular flexibility index (Phi) is 5.44. The molecule has 2 N–H and O–H groups in total. The van der Waals surface area contributed by atoms with E-state index in [1.165, 1.54) is 30.8 Å². The minimum absolute atomic E-state index is 0.0488. The number of carbonyl (C=O) groups excluding carboxylic acids is 1. The van der Waals surface area contributed by atoms with Crippen molar-refractivity contribution < 1.29 is 23.1 Å². The third kappa shape index (κ3) is 4.25. The van der Waals surface area contributed by atoms with Crippen molar-refractivity contribution in [2.24, 2.45) is 0 Å². The smallest absolute Gasteiger partial charge is 0.327 e. The monoisotopic (exact) mass is 311 g/mol. The van der Waals surface area contributed by atoms with Crippen LogP contribution in [0.15, 0.2) is 0 Å². The molecule has 110 valence electrons. The Morgan fingerprint density at radius 1 is 1.47 bits per heavy atom. The van der Waals surface area contributed by atoms with Crippen molar-refractivity contribution in [1.82, 2.24) is 14.5 Å². The van der Waals surface area contributed by atoms with Crippen LogP contribution in [0.3, 0.4) is 0 Å². The van der Waals surface area contributed by atoms with Gasteiger partial charge in [-0.15, -0.1) is 11.8 Å². The molecule has 10 heteroatoms. The summed E-state index contributed by atoms with van der Waals surface area (Å²) in [5, 5.41) is 11.3. The number of amides is 2. The molecule has 19 heavy (non-hydrogen) atoms. The number of aliphatic carboxylic acids is 1. The van der Waals surface area contributed by atoms with Gasteiger partial charge in [-0.2, -0.15) is 0 Å². The van der Waals surface area contributed by atoms with Crippen molar-refractivity contribution in [2.45, 2.75) is 6.04 Å². The van der Waals surface area contributed by atoms with Crippen molar-refractivity contribution in [1.29, 1.82) is 0 Å². The van der Waals surface area contributed by atoms with Crippen molar-refractivity contribution in [3.63, 3.8) is 0 Å². The molecule has 0 bridgehead atoms. The number of nitrogens with one attached hydrogen (secondary N) is 1. The zero-order chi connectivity index (χ0) is 14.6. The maximum Gasteiger partial charge on any atom is 0.327 e. The van der Waals surface area contributed by atoms with Crippen molar-refractivity contribution in [3.05, 3.63) is 0 Å². The van der Waals surface area contributed by atoms with E-state index in [1.54, 1.807) is 0 Å². The molecular weight excluding hydrogens is 294 g/mol. The molecule has 1 rings (SSSR count). The van der Waals surface area contributed by atoms with Crippen LogP contribution in [0.1, 0.15) is 0 Å². The van der Waals surface area contributed by atoms with Gasteiger partial charge in [0, 0.05) is 26.4 Å². The van der Waals surface area contributed by atoms with Gasteiger partial charge in [-0.05, 0) is 0 Å². The van der Waals surface area contributed by atoms with Crippen LogP contribution < -0.4 is 5.32 Å². The zero-order valence-electron chi connectivity index (χ0n) is 10.7. The van der Waals surface area contributed by atoms with Crippen LogP contribution in [0.5, 0.6) is 0 Å². The highest BCUT2D eigenvalue weighted by atomic mass is 32.2. The van der Waals surface area contributed by atoms with E-state index in [0.29, 0.717) is 11.6 Å². The van der Waals surface area contributed by atoms with Gasteiger partial charge in [0.15, 0.2) is 0 Å². The summed E-state index contributed by atoms with van der Waals surface area (Å²) in [5.41, 5.74) is 0. The van der Waals surface area contributed by atoms with Gasteiger partial charge < -0.3 is 15.3 Å². The second kappa shape index (κ2) is 6.44. The molecule has 0 aliphatic carbocycles. The molecule has 0 aromatic heterocycles. The van der Waals surface area contributed by atoms with E-state index in [9.17, 15) is 18.0 Å². The number of hydrogen-bond acceptors (Lipinski definition) is 5. The first kappa shape index (κ1) is 16.1. The predicted molar refractivity (Wildman–Crippen MR) is 71.5 cm³/mol. The molecule has 0 spiro atoms. The van der Waals surface area contributed by atoms with Crippen LogP contribution in [0.4, 0.5) is 4.79 Å². The Bertz CT molecular complexity index is 451. The number of carboxylic acids is 1. The summed E-state index contributed by atoms with van der Waals surface area (Å²) in [7, 11) is -0.546. The standard InChI is InChI=1S/C9H17N3O5S2/c1-11(2)19(16,17)4-3-10-9(15)12-6-18-5-7(12)8(13)14/h7H,3-6H2,1-2H3,(H,10,15)(H,13,14). The lowest BCUT2D eigenvalue weighted by atomic mass is 10.3. The summed E-state index contributed by atoms with van der Waals surface area (Å²) >= 11 is 1.35. The molecule has 8 nitrogen and oxygen atoms in total. The first-order chi connectivity index (χ1) is 8.75. The van der Waals surface area contributed by atoms with E-state index in [2.05, 4.69) is 5.32 Å². The highest BCUT2D eigenvalue weighted by Crippen LogP contribution is 2.20. The first-order valence-electron chi connectivity index (χ1n) is 5.51. The highest BCUT2D eigenvalue weighted by Gasteiger charge is 2.34. The summed E-state index contributed by atoms with van der Waals surface area (Å²) in [5.74, 6) is -0.632. The first-order valence-corrected chi connectivity index (χ1v) is 8.27. The van der Waals surface area contributed by atoms with Gasteiger partial charge in [0.2, 0.25) is 10.0 Å². The molecule has 1 unspecified atom stereocenters. The number of urea groups is 1. The molecule has 1 aliphatic heterocycles. The fourth-order valence-electron chi connectivity index (χ4n) is 1.42. The number of carbonyl (C=O) groups is 2. The third-order valence-electron chi connectivity index (χ3n) is 2.62. The molecule has 1 saturated heterocycles. The van der Waals surface area contributed by atoms with Gasteiger partial charge in [-0.3, -0.25) is 0 Å². The second-order valence-electron chi connectivity index (χ2n) is 4.15. The van der Waals surface area contributed by atoms with Crippen LogP contribution in [-0.2, 0) is 14.8 Å². The van der Waals surface area contributed by atoms with E-state index in [4.69, 9.17) is 5.11 Å². The largest absolute Gasteiger partial charge is 0.480 e. The van der Waals surface area contributed by atoms with Crippen molar-refractivity contribution in [2.75, 3.05) is 38.0 Å². The quantitative estimate of drug-likeness (QED) is 0.678. The molecule has 2 amide bonds. The summed E-state index contributed by atoms with van der Waals surface area (Å²) in [4.78, 5) is 23.8. The Morgan fingerprint density at radius 2 is 2.11 bits per heavy atom. The van der Waals surface area contributed by atoms with Gasteiger partial charge in [0.1, 0.15) is 6.04 Å². The maximum absolute atomic E-state index is 11.7. The van der Waals surface area contributed by atoms with E-state index in [1.807, 2.05) is 0 Å². The van der Waals surface area contributed by atoms with Crippen LogP contribution in [0.2, 0.25) is 0 Å². The Balaban J connectivity index is 2.46. The summed E-state index contributed by atoms with van der Waals surface area (Å²) in [6, 6.07) is -1.40. The van der Waals surface area contributed by atoms with Gasteiger partial charge in [-0.1, -0.05) is 0 Å². The Morgan fingerprint density at radius 3 is 2.63 bits per heavy atom. The summed E-state index contributed by atoms with van der Waals surface area (Å²) in [6.45, 7) is -0.0488. The minimum atomic E-state index is -3.37. The molecule has 1 heterocycles. The molecule has 0 radical (unpaired) electrons. The SMILES string of the molecule is CN(C)S(=O)(=O)CCNC(=O)N1CSCC1C(=O)O. The van der Waals surface area contributed by atoms with E-state index >= 15 is 0 Å². The lowest BCUT2D eigenvalue weighted by Gasteiger charge is -2.21. The Hall–Kier alpha value is -1.00. The second-order valence-corrected chi connectivity index (χ2v) is 7.46. The average Bonchev–Trinajstić information content (AvgIpc) is 2.77. The summed E-state index contributed by atoms with van der Waals surface area (Å²) in [6.07, 6.45) is 0. The number of carboxylic acid groups (broad SMARTS) is 1.